The number of thiazole rings is 1. The highest BCUT2D eigenvalue weighted by Gasteiger charge is 2.11. The van der Waals surface area contributed by atoms with Gasteiger partial charge in [0.25, 0.3) is 0 Å². The maximum Gasteiger partial charge on any atom is 0.156 e. The largest absolute Gasteiger partial charge is 0.308 e. The quantitative estimate of drug-likeness (QED) is 0.502. The molecule has 0 aliphatic carbocycles. The molecule has 0 saturated heterocycles. The third-order valence-electron chi connectivity index (χ3n) is 2.18. The van der Waals surface area contributed by atoms with Crippen LogP contribution in [0.3, 0.4) is 0 Å². The van der Waals surface area contributed by atoms with Gasteiger partial charge in [0, 0.05) is 16.6 Å². The van der Waals surface area contributed by atoms with Gasteiger partial charge in [-0.05, 0) is 25.1 Å². The monoisotopic (exact) mass is 267 g/mol. The van der Waals surface area contributed by atoms with Crippen molar-refractivity contribution in [2.75, 3.05) is 5.43 Å². The molecule has 0 aliphatic rings. The van der Waals surface area contributed by atoms with Crippen LogP contribution in [0.15, 0.2) is 21.1 Å². The Bertz CT molecular complexity index is 511. The minimum Gasteiger partial charge on any atom is -0.308 e. The normalized spacial score (nSPS) is 10.5. The summed E-state index contributed by atoms with van der Waals surface area (Å²) in [6, 6.07) is 0. The second-order valence-electron chi connectivity index (χ2n) is 3.36. The molecule has 17 heavy (non-hydrogen) atoms. The molecule has 90 valence electrons. The number of nitrogens with one attached hydrogen (secondary N) is 1. The van der Waals surface area contributed by atoms with Gasteiger partial charge in [-0.3, -0.25) is 0 Å². The van der Waals surface area contributed by atoms with Crippen LogP contribution in [0.2, 0.25) is 0 Å². The molecular weight excluding hydrogens is 254 g/mol. The van der Waals surface area contributed by atoms with E-state index in [0.717, 1.165) is 27.0 Å². The van der Waals surface area contributed by atoms with E-state index in [0.29, 0.717) is 5.82 Å². The average molecular weight is 267 g/mol. The number of rotatable bonds is 4. The Morgan fingerprint density at radius 3 is 2.88 bits per heavy atom. The van der Waals surface area contributed by atoms with Crippen LogP contribution in [-0.4, -0.2) is 15.0 Å². The second-order valence-corrected chi connectivity index (χ2v) is 5.45. The smallest absolute Gasteiger partial charge is 0.156 e. The fraction of sp³-hybridized carbons (Fsp3) is 0.300. The van der Waals surface area contributed by atoms with Gasteiger partial charge in [0.15, 0.2) is 4.34 Å². The molecule has 5 nitrogen and oxygen atoms in total. The lowest BCUT2D eigenvalue weighted by Gasteiger charge is -2.08. The summed E-state index contributed by atoms with van der Waals surface area (Å²) in [5, 5.41) is 2.93. The summed E-state index contributed by atoms with van der Waals surface area (Å²) in [6.45, 7) is 4.03. The van der Waals surface area contributed by atoms with Crippen LogP contribution in [0.25, 0.3) is 0 Å². The lowest BCUT2D eigenvalue weighted by Crippen LogP contribution is -2.12. The van der Waals surface area contributed by atoms with E-state index >= 15 is 0 Å². The van der Waals surface area contributed by atoms with Gasteiger partial charge >= 0.3 is 0 Å². The number of nitrogens with zero attached hydrogens (tertiary/aromatic N) is 3. The molecule has 2 aromatic rings. The Morgan fingerprint density at radius 2 is 2.29 bits per heavy atom. The molecule has 2 rings (SSSR count). The van der Waals surface area contributed by atoms with Crippen molar-refractivity contribution < 1.29 is 0 Å². The van der Waals surface area contributed by atoms with E-state index in [2.05, 4.69) is 27.3 Å². The van der Waals surface area contributed by atoms with Crippen LogP contribution in [0.4, 0.5) is 5.82 Å². The molecule has 0 bridgehead atoms. The molecule has 0 radical (unpaired) electrons. The Kier molecular flexibility index (Phi) is 3.93. The zero-order valence-electron chi connectivity index (χ0n) is 9.60. The Labute approximate surface area is 108 Å². The van der Waals surface area contributed by atoms with E-state index in [4.69, 9.17) is 5.84 Å². The first kappa shape index (κ1) is 12.3. The summed E-state index contributed by atoms with van der Waals surface area (Å²) in [4.78, 5) is 12.8. The number of nitrogens with two attached hydrogens (primary N) is 1. The molecule has 7 heteroatoms. The Balaban J connectivity index is 2.32. The van der Waals surface area contributed by atoms with Gasteiger partial charge in [-0.1, -0.05) is 6.92 Å². The average Bonchev–Trinajstić information content (AvgIpc) is 2.74. The van der Waals surface area contributed by atoms with E-state index in [9.17, 15) is 0 Å². The van der Waals surface area contributed by atoms with Gasteiger partial charge in [-0.15, -0.1) is 11.3 Å². The highest BCUT2D eigenvalue weighted by molar-refractivity contribution is 8.01. The molecule has 3 N–H and O–H groups in total. The third-order valence-corrected chi connectivity index (χ3v) is 4.28. The van der Waals surface area contributed by atoms with Crippen molar-refractivity contribution in [1.29, 1.82) is 0 Å². The van der Waals surface area contributed by atoms with Crippen LogP contribution in [0, 0.1) is 6.92 Å². The molecule has 0 saturated carbocycles. The Hall–Kier alpha value is -1.18. The first-order valence-electron chi connectivity index (χ1n) is 5.15. The van der Waals surface area contributed by atoms with E-state index in [1.165, 1.54) is 6.33 Å². The molecule has 0 aliphatic heterocycles. The second kappa shape index (κ2) is 5.44. The van der Waals surface area contributed by atoms with Gasteiger partial charge in [0.05, 0.1) is 0 Å². The number of anilines is 1. The summed E-state index contributed by atoms with van der Waals surface area (Å²) in [5.74, 6) is 6.11. The minimum atomic E-state index is 0.679. The van der Waals surface area contributed by atoms with Crippen LogP contribution >= 0.6 is 23.1 Å². The van der Waals surface area contributed by atoms with Crippen molar-refractivity contribution >= 4 is 28.9 Å². The predicted molar refractivity (Wildman–Crippen MR) is 70.2 cm³/mol. The molecule has 0 amide bonds. The van der Waals surface area contributed by atoms with E-state index in [1.54, 1.807) is 23.1 Å². The molecule has 0 fully saturated rings. The Morgan fingerprint density at radius 1 is 1.47 bits per heavy atom. The lowest BCUT2D eigenvalue weighted by molar-refractivity contribution is 0.939. The van der Waals surface area contributed by atoms with E-state index < -0.39 is 0 Å². The molecular formula is C10H13N5S2. The molecule has 2 heterocycles. The van der Waals surface area contributed by atoms with Crippen molar-refractivity contribution in [3.05, 3.63) is 23.0 Å². The summed E-state index contributed by atoms with van der Waals surface area (Å²) in [7, 11) is 0. The number of nitrogen functional groups attached to an aromatic ring is 1. The van der Waals surface area contributed by atoms with Crippen molar-refractivity contribution in [2.24, 2.45) is 5.84 Å². The van der Waals surface area contributed by atoms with Crippen molar-refractivity contribution in [3.8, 4) is 0 Å². The predicted octanol–water partition coefficient (Wildman–Crippen LogP) is 2.24. The van der Waals surface area contributed by atoms with Crippen molar-refractivity contribution in [3.63, 3.8) is 0 Å². The molecule has 0 aromatic carbocycles. The number of aromatic nitrogens is 3. The number of aryl methyl sites for hydroxylation is 1. The van der Waals surface area contributed by atoms with Gasteiger partial charge in [0.1, 0.15) is 17.2 Å². The van der Waals surface area contributed by atoms with Crippen LogP contribution in [-0.2, 0) is 6.42 Å². The maximum absolute atomic E-state index is 5.43. The fourth-order valence-electron chi connectivity index (χ4n) is 1.39. The summed E-state index contributed by atoms with van der Waals surface area (Å²) in [5.41, 5.74) is 4.65. The molecule has 0 atom stereocenters. The van der Waals surface area contributed by atoms with Gasteiger partial charge in [-0.25, -0.2) is 20.8 Å². The lowest BCUT2D eigenvalue weighted by atomic mass is 10.2. The van der Waals surface area contributed by atoms with Crippen LogP contribution in [0.5, 0.6) is 0 Å². The topological polar surface area (TPSA) is 76.7 Å². The van der Waals surface area contributed by atoms with Crippen molar-refractivity contribution in [2.45, 2.75) is 29.6 Å². The third kappa shape index (κ3) is 2.74. The molecule has 2 aromatic heterocycles. The minimum absolute atomic E-state index is 0.679. The number of hydrogen-bond donors (Lipinski definition) is 2. The first-order chi connectivity index (χ1) is 8.24. The summed E-state index contributed by atoms with van der Waals surface area (Å²) in [6.07, 6.45) is 2.34. The standard InChI is InChI=1S/C10H13N5S2/c1-3-7-8(15-11)12-5-13-9(7)17-10-14-6(2)4-16-10/h4-5H,3,11H2,1-2H3,(H,12,13,15). The zero-order valence-corrected chi connectivity index (χ0v) is 11.2. The van der Waals surface area contributed by atoms with Gasteiger partial charge < -0.3 is 5.43 Å². The number of hydrazine groups is 1. The molecule has 0 spiro atoms. The van der Waals surface area contributed by atoms with Crippen LogP contribution < -0.4 is 11.3 Å². The molecule has 0 unspecified atom stereocenters. The van der Waals surface area contributed by atoms with Crippen molar-refractivity contribution in [1.82, 2.24) is 15.0 Å². The fourth-order valence-corrected chi connectivity index (χ4v) is 3.30. The summed E-state index contributed by atoms with van der Waals surface area (Å²) >= 11 is 3.17. The maximum atomic E-state index is 5.43. The van der Waals surface area contributed by atoms with E-state index in [1.807, 2.05) is 12.3 Å². The first-order valence-corrected chi connectivity index (χ1v) is 6.84. The van der Waals surface area contributed by atoms with Gasteiger partial charge in [0.2, 0.25) is 0 Å². The van der Waals surface area contributed by atoms with E-state index in [-0.39, 0.29) is 0 Å². The van der Waals surface area contributed by atoms with Crippen LogP contribution in [0.1, 0.15) is 18.2 Å². The zero-order chi connectivity index (χ0) is 12.3. The summed E-state index contributed by atoms with van der Waals surface area (Å²) < 4.78 is 0.985. The SMILES string of the molecule is CCc1c(NN)ncnc1Sc1nc(C)cs1. The number of hydrogen-bond acceptors (Lipinski definition) is 7. The highest BCUT2D eigenvalue weighted by Crippen LogP contribution is 2.32. The van der Waals surface area contributed by atoms with Gasteiger partial charge in [-0.2, -0.15) is 0 Å². The highest BCUT2D eigenvalue weighted by atomic mass is 32.2.